The van der Waals surface area contributed by atoms with E-state index in [1.54, 1.807) is 38.2 Å². The number of aromatic nitrogens is 3. The van der Waals surface area contributed by atoms with Crippen LogP contribution >= 0.6 is 0 Å². The smallest absolute Gasteiger partial charge is 0.347 e. The summed E-state index contributed by atoms with van der Waals surface area (Å²) < 4.78 is 13.9. The van der Waals surface area contributed by atoms with Crippen LogP contribution in [-0.2, 0) is 18.4 Å². The summed E-state index contributed by atoms with van der Waals surface area (Å²) in [7, 11) is 1.55. The number of nitrogens with one attached hydrogen (secondary N) is 1. The molecule has 10 heteroatoms. The summed E-state index contributed by atoms with van der Waals surface area (Å²) >= 11 is 0. The maximum Gasteiger partial charge on any atom is 0.347 e. The van der Waals surface area contributed by atoms with Crippen LogP contribution < -0.4 is 26.0 Å². The van der Waals surface area contributed by atoms with Crippen molar-refractivity contribution in [3.05, 3.63) is 45.1 Å². The van der Waals surface area contributed by atoms with E-state index in [1.165, 1.54) is 9.25 Å². The average Bonchev–Trinajstić information content (AvgIpc) is 2.87. The van der Waals surface area contributed by atoms with Crippen molar-refractivity contribution < 1.29 is 19.4 Å². The Hall–Kier alpha value is -3.30. The molecular weight excluding hydrogens is 476 g/mol. The maximum absolute atomic E-state index is 12.7. The molecule has 0 aliphatic carbocycles. The van der Waals surface area contributed by atoms with Crippen LogP contribution in [0.2, 0.25) is 0 Å². The van der Waals surface area contributed by atoms with Crippen LogP contribution in [0.4, 0.5) is 5.82 Å². The third-order valence-electron chi connectivity index (χ3n) is 6.17. The highest BCUT2D eigenvalue weighted by Crippen LogP contribution is 2.25. The molecule has 10 nitrogen and oxygen atoms in total. The first-order valence-corrected chi connectivity index (χ1v) is 13.3. The first kappa shape index (κ1) is 29.9. The summed E-state index contributed by atoms with van der Waals surface area (Å²) in [5.41, 5.74) is -2.04. The second-order valence-electron chi connectivity index (χ2n) is 9.47. The van der Waals surface area contributed by atoms with Crippen molar-refractivity contribution in [2.24, 2.45) is 7.05 Å². The monoisotopic (exact) mass is 518 g/mol. The number of carboxylic acids is 1. The van der Waals surface area contributed by atoms with E-state index in [2.05, 4.69) is 17.3 Å². The highest BCUT2D eigenvalue weighted by atomic mass is 16.5. The topological polar surface area (TPSA) is 125 Å². The van der Waals surface area contributed by atoms with Crippen molar-refractivity contribution in [3.8, 4) is 11.5 Å². The van der Waals surface area contributed by atoms with Crippen molar-refractivity contribution in [3.63, 3.8) is 0 Å². The number of carbonyl (C=O) groups is 1. The number of benzene rings is 1. The molecule has 1 aromatic carbocycles. The zero-order valence-electron chi connectivity index (χ0n) is 22.6. The Kier molecular flexibility index (Phi) is 12.2. The van der Waals surface area contributed by atoms with E-state index in [4.69, 9.17) is 9.47 Å². The standard InChI is InChI=1S/C27H42N4O6/c1-5-7-8-9-11-19-31-24(32)23(29-30(4)26(31)35)28-18-10-12-20-36-21-13-15-22(16-14-21)37-27(3,17-6-2)25(33)34/h13-16H,5-12,17-20H2,1-4H3,(H,28,29)(H,33,34). The summed E-state index contributed by atoms with van der Waals surface area (Å²) in [6.07, 6.45) is 7.79. The summed E-state index contributed by atoms with van der Waals surface area (Å²) in [5.74, 6) is 0.335. The Morgan fingerprint density at radius 3 is 2.32 bits per heavy atom. The van der Waals surface area contributed by atoms with E-state index in [1.807, 2.05) is 6.92 Å². The molecule has 0 spiro atoms. The van der Waals surface area contributed by atoms with Crippen LogP contribution in [0.5, 0.6) is 11.5 Å². The van der Waals surface area contributed by atoms with E-state index in [0.29, 0.717) is 44.0 Å². The molecule has 0 aliphatic heterocycles. The quantitative estimate of drug-likeness (QED) is 0.281. The summed E-state index contributed by atoms with van der Waals surface area (Å²) in [6.45, 7) is 7.05. The molecule has 1 atom stereocenters. The van der Waals surface area contributed by atoms with Gasteiger partial charge in [-0.2, -0.15) is 0 Å². The van der Waals surface area contributed by atoms with Crippen LogP contribution in [0.1, 0.15) is 78.6 Å². The van der Waals surface area contributed by atoms with Gasteiger partial charge < -0.3 is 19.9 Å². The molecule has 0 saturated heterocycles. The van der Waals surface area contributed by atoms with E-state index < -0.39 is 17.3 Å². The number of aliphatic carboxylic acids is 1. The number of rotatable bonds is 18. The molecule has 1 unspecified atom stereocenters. The molecule has 0 aliphatic rings. The predicted molar refractivity (Wildman–Crippen MR) is 144 cm³/mol. The SMILES string of the molecule is CCCCCCCn1c(=O)c(NCCCCOc2ccc(OC(C)(CCC)C(=O)O)cc2)nn(C)c1=O. The van der Waals surface area contributed by atoms with Gasteiger partial charge in [-0.3, -0.25) is 9.36 Å². The molecule has 0 radical (unpaired) electrons. The maximum atomic E-state index is 12.7. The Bertz CT molecular complexity index is 1100. The van der Waals surface area contributed by atoms with E-state index in [-0.39, 0.29) is 11.4 Å². The van der Waals surface area contributed by atoms with Gasteiger partial charge in [0.15, 0.2) is 0 Å². The Labute approximate surface area is 218 Å². The summed E-state index contributed by atoms with van der Waals surface area (Å²) in [5, 5.41) is 16.6. The molecule has 0 saturated carbocycles. The molecule has 1 heterocycles. The number of anilines is 1. The lowest BCUT2D eigenvalue weighted by Crippen LogP contribution is -2.41. The van der Waals surface area contributed by atoms with Gasteiger partial charge in [-0.05, 0) is 56.9 Å². The average molecular weight is 519 g/mol. The second-order valence-corrected chi connectivity index (χ2v) is 9.47. The molecule has 37 heavy (non-hydrogen) atoms. The number of ether oxygens (including phenoxy) is 2. The fourth-order valence-corrected chi connectivity index (χ4v) is 3.97. The molecule has 2 rings (SSSR count). The number of aryl methyl sites for hydroxylation is 1. The van der Waals surface area contributed by atoms with Crippen LogP contribution in [0.25, 0.3) is 0 Å². The number of carboxylic acid groups (broad SMARTS) is 1. The molecule has 0 fully saturated rings. The normalized spacial score (nSPS) is 12.6. The fourth-order valence-electron chi connectivity index (χ4n) is 3.97. The van der Waals surface area contributed by atoms with Crippen LogP contribution in [0.15, 0.2) is 33.9 Å². The van der Waals surface area contributed by atoms with Crippen LogP contribution in [0.3, 0.4) is 0 Å². The van der Waals surface area contributed by atoms with Crippen molar-refractivity contribution >= 4 is 11.8 Å². The van der Waals surface area contributed by atoms with Crippen molar-refractivity contribution in [2.75, 3.05) is 18.5 Å². The molecule has 206 valence electrons. The molecule has 1 aromatic heterocycles. The highest BCUT2D eigenvalue weighted by Gasteiger charge is 2.34. The Morgan fingerprint density at radius 2 is 1.68 bits per heavy atom. The third-order valence-corrected chi connectivity index (χ3v) is 6.17. The molecular formula is C27H42N4O6. The lowest BCUT2D eigenvalue weighted by Gasteiger charge is -2.26. The van der Waals surface area contributed by atoms with Gasteiger partial charge in [0, 0.05) is 20.1 Å². The largest absolute Gasteiger partial charge is 0.494 e. The van der Waals surface area contributed by atoms with Gasteiger partial charge in [0.05, 0.1) is 6.61 Å². The van der Waals surface area contributed by atoms with Gasteiger partial charge in [0.25, 0.3) is 5.56 Å². The highest BCUT2D eigenvalue weighted by molar-refractivity contribution is 5.77. The first-order chi connectivity index (χ1) is 17.7. The number of nitrogens with zero attached hydrogens (tertiary/aromatic N) is 3. The van der Waals surface area contributed by atoms with Crippen LogP contribution in [-0.4, -0.2) is 44.2 Å². The van der Waals surface area contributed by atoms with Crippen molar-refractivity contribution in [1.82, 2.24) is 14.3 Å². The van der Waals surface area contributed by atoms with Gasteiger partial charge in [0.2, 0.25) is 11.4 Å². The molecule has 2 N–H and O–H groups in total. The van der Waals surface area contributed by atoms with Gasteiger partial charge in [0.1, 0.15) is 11.5 Å². The minimum Gasteiger partial charge on any atom is -0.494 e. The Balaban J connectivity index is 1.78. The third kappa shape index (κ3) is 9.26. The van der Waals surface area contributed by atoms with Gasteiger partial charge in [-0.1, -0.05) is 46.0 Å². The lowest BCUT2D eigenvalue weighted by molar-refractivity contribution is -0.154. The first-order valence-electron chi connectivity index (χ1n) is 13.3. The minimum atomic E-state index is -1.26. The Morgan fingerprint density at radius 1 is 1.00 bits per heavy atom. The molecule has 0 amide bonds. The van der Waals surface area contributed by atoms with Gasteiger partial charge >= 0.3 is 11.7 Å². The van der Waals surface area contributed by atoms with E-state index in [0.717, 1.165) is 44.9 Å². The minimum absolute atomic E-state index is 0.184. The summed E-state index contributed by atoms with van der Waals surface area (Å²) in [4.78, 5) is 36.6. The predicted octanol–water partition coefficient (Wildman–Crippen LogP) is 4.21. The van der Waals surface area contributed by atoms with Crippen molar-refractivity contribution in [1.29, 1.82) is 0 Å². The van der Waals surface area contributed by atoms with Gasteiger partial charge in [-0.25, -0.2) is 14.3 Å². The van der Waals surface area contributed by atoms with E-state index in [9.17, 15) is 19.5 Å². The summed E-state index contributed by atoms with van der Waals surface area (Å²) in [6, 6.07) is 6.91. The zero-order valence-corrected chi connectivity index (χ0v) is 22.6. The lowest BCUT2D eigenvalue weighted by atomic mass is 10.0. The number of unbranched alkanes of at least 4 members (excludes halogenated alkanes) is 5. The van der Waals surface area contributed by atoms with Gasteiger partial charge in [-0.15, -0.1) is 5.10 Å². The van der Waals surface area contributed by atoms with Crippen LogP contribution in [0, 0.1) is 0 Å². The van der Waals surface area contributed by atoms with E-state index >= 15 is 0 Å². The number of hydrogen-bond acceptors (Lipinski definition) is 7. The zero-order chi connectivity index (χ0) is 27.3. The molecule has 2 aromatic rings. The van der Waals surface area contributed by atoms with Crippen molar-refractivity contribution in [2.45, 2.75) is 90.7 Å². The fraction of sp³-hybridized carbons (Fsp3) is 0.630. The molecule has 0 bridgehead atoms. The second kappa shape index (κ2) is 15.1. The number of hydrogen-bond donors (Lipinski definition) is 2.